The Morgan fingerprint density at radius 3 is 2.53 bits per heavy atom. The fraction of sp³-hybridized carbons (Fsp3) is 0.250. The second kappa shape index (κ2) is 7.11. The minimum Gasteiger partial charge on any atom is -0.343 e. The van der Waals surface area contributed by atoms with Crippen LogP contribution in [0.2, 0.25) is 10.0 Å². The molecule has 7 heteroatoms. The van der Waals surface area contributed by atoms with Crippen LogP contribution < -0.4 is 10.7 Å². The van der Waals surface area contributed by atoms with E-state index in [1.807, 2.05) is 0 Å². The molecule has 19 heavy (non-hydrogen) atoms. The first kappa shape index (κ1) is 15.5. The van der Waals surface area contributed by atoms with Gasteiger partial charge >= 0.3 is 0 Å². The maximum absolute atomic E-state index is 11.8. The average Bonchev–Trinajstić information content (AvgIpc) is 2.33. The molecule has 0 aliphatic carbocycles. The minimum absolute atomic E-state index is 0.186. The fourth-order valence-electron chi connectivity index (χ4n) is 1.14. The molecule has 0 aliphatic heterocycles. The smallest absolute Gasteiger partial charge is 0.259 e. The fourth-order valence-corrected chi connectivity index (χ4v) is 1.64. The van der Waals surface area contributed by atoms with Gasteiger partial charge in [0.25, 0.3) is 11.8 Å². The molecule has 2 amide bonds. The van der Waals surface area contributed by atoms with Crippen LogP contribution in [0.25, 0.3) is 0 Å². The van der Waals surface area contributed by atoms with Crippen molar-refractivity contribution in [2.75, 3.05) is 6.54 Å². The summed E-state index contributed by atoms with van der Waals surface area (Å²) in [6, 6.07) is 4.50. The summed E-state index contributed by atoms with van der Waals surface area (Å²) in [5.41, 5.74) is 3.26. The van der Waals surface area contributed by atoms with Crippen LogP contribution in [0, 0.1) is 0 Å². The summed E-state index contributed by atoms with van der Waals surface area (Å²) in [5, 5.41) is 6.83. The lowest BCUT2D eigenvalue weighted by Gasteiger charge is -2.06. The number of amides is 2. The van der Waals surface area contributed by atoms with Gasteiger partial charge in [-0.15, -0.1) is 0 Å². The second-order valence-electron chi connectivity index (χ2n) is 3.90. The molecule has 2 N–H and O–H groups in total. The van der Waals surface area contributed by atoms with E-state index in [1.54, 1.807) is 19.9 Å². The van der Waals surface area contributed by atoms with E-state index in [4.69, 9.17) is 23.2 Å². The van der Waals surface area contributed by atoms with E-state index < -0.39 is 11.8 Å². The molecule has 0 heterocycles. The van der Waals surface area contributed by atoms with Crippen LogP contribution in [-0.4, -0.2) is 24.1 Å². The van der Waals surface area contributed by atoms with Crippen LogP contribution in [0.3, 0.4) is 0 Å². The molecule has 102 valence electrons. The Morgan fingerprint density at radius 2 is 1.95 bits per heavy atom. The van der Waals surface area contributed by atoms with E-state index in [1.165, 1.54) is 12.1 Å². The first-order chi connectivity index (χ1) is 8.90. The topological polar surface area (TPSA) is 70.6 Å². The van der Waals surface area contributed by atoms with Gasteiger partial charge in [-0.1, -0.05) is 23.2 Å². The van der Waals surface area contributed by atoms with Gasteiger partial charge in [0.15, 0.2) is 0 Å². The average molecular weight is 302 g/mol. The lowest BCUT2D eigenvalue weighted by molar-refractivity contribution is -0.120. The maximum atomic E-state index is 11.8. The van der Waals surface area contributed by atoms with E-state index in [-0.39, 0.29) is 17.1 Å². The van der Waals surface area contributed by atoms with E-state index in [9.17, 15) is 9.59 Å². The van der Waals surface area contributed by atoms with Gasteiger partial charge in [0.1, 0.15) is 0 Å². The Morgan fingerprint density at radius 1 is 1.26 bits per heavy atom. The van der Waals surface area contributed by atoms with Crippen molar-refractivity contribution in [3.05, 3.63) is 33.8 Å². The highest BCUT2D eigenvalue weighted by molar-refractivity contribution is 6.36. The number of rotatable bonds is 4. The van der Waals surface area contributed by atoms with Gasteiger partial charge in [-0.05, 0) is 32.0 Å². The normalized spacial score (nSPS) is 9.68. The number of hydrogen-bond donors (Lipinski definition) is 2. The van der Waals surface area contributed by atoms with E-state index >= 15 is 0 Å². The number of hydrogen-bond acceptors (Lipinski definition) is 3. The molecule has 0 unspecified atom stereocenters. The molecule has 1 aromatic rings. The third-order valence-electron chi connectivity index (χ3n) is 1.99. The summed E-state index contributed by atoms with van der Waals surface area (Å²) in [4.78, 5) is 23.1. The molecular weight excluding hydrogens is 289 g/mol. The first-order valence-corrected chi connectivity index (χ1v) is 6.18. The van der Waals surface area contributed by atoms with Gasteiger partial charge in [-0.3, -0.25) is 9.59 Å². The summed E-state index contributed by atoms with van der Waals surface area (Å²) in [6.07, 6.45) is 0. The standard InChI is InChI=1S/C12H13Cl2N3O2/c1-7(2)16-17-11(18)6-15-12(19)9-4-3-8(13)5-10(9)14/h3-5H,6H2,1-2H3,(H,15,19)(H,17,18). The number of carbonyl (C=O) groups excluding carboxylic acids is 2. The second-order valence-corrected chi connectivity index (χ2v) is 4.74. The van der Waals surface area contributed by atoms with Crippen molar-refractivity contribution >= 4 is 40.7 Å². The van der Waals surface area contributed by atoms with Crippen LogP contribution in [0.15, 0.2) is 23.3 Å². The van der Waals surface area contributed by atoms with Crippen LogP contribution in [0.1, 0.15) is 24.2 Å². The predicted octanol–water partition coefficient (Wildman–Crippen LogP) is 2.24. The molecule has 1 rings (SSSR count). The zero-order valence-electron chi connectivity index (χ0n) is 10.5. The number of hydrazone groups is 1. The molecule has 1 aromatic carbocycles. The van der Waals surface area contributed by atoms with Crippen molar-refractivity contribution in [1.29, 1.82) is 0 Å². The van der Waals surface area contributed by atoms with E-state index in [0.29, 0.717) is 10.7 Å². The summed E-state index contributed by atoms with van der Waals surface area (Å²) in [6.45, 7) is 3.30. The Kier molecular flexibility index (Phi) is 5.79. The highest BCUT2D eigenvalue weighted by Gasteiger charge is 2.11. The largest absolute Gasteiger partial charge is 0.343 e. The first-order valence-electron chi connectivity index (χ1n) is 5.43. The number of nitrogens with one attached hydrogen (secondary N) is 2. The third kappa shape index (κ3) is 5.28. The molecular formula is C12H13Cl2N3O2. The molecule has 0 fully saturated rings. The van der Waals surface area contributed by atoms with Crippen LogP contribution in [-0.2, 0) is 4.79 Å². The quantitative estimate of drug-likeness (QED) is 0.661. The summed E-state index contributed by atoms with van der Waals surface area (Å²) >= 11 is 11.6. The van der Waals surface area contributed by atoms with Crippen molar-refractivity contribution in [2.45, 2.75) is 13.8 Å². The van der Waals surface area contributed by atoms with Crippen LogP contribution in [0.4, 0.5) is 0 Å². The zero-order valence-corrected chi connectivity index (χ0v) is 12.0. The Bertz CT molecular complexity index is 526. The third-order valence-corrected chi connectivity index (χ3v) is 2.54. The molecule has 0 saturated carbocycles. The Balaban J connectivity index is 2.56. The highest BCUT2D eigenvalue weighted by atomic mass is 35.5. The molecule has 0 bridgehead atoms. The monoisotopic (exact) mass is 301 g/mol. The van der Waals surface area contributed by atoms with Gasteiger partial charge in [0.2, 0.25) is 0 Å². The molecule has 0 aromatic heterocycles. The Labute approximate surface area is 121 Å². The lowest BCUT2D eigenvalue weighted by atomic mass is 10.2. The summed E-state index contributed by atoms with van der Waals surface area (Å²) in [5.74, 6) is -0.867. The summed E-state index contributed by atoms with van der Waals surface area (Å²) in [7, 11) is 0. The molecule has 0 aliphatic rings. The van der Waals surface area contributed by atoms with Gasteiger partial charge in [-0.25, -0.2) is 5.43 Å². The number of nitrogens with zero attached hydrogens (tertiary/aromatic N) is 1. The SMILES string of the molecule is CC(C)=NNC(=O)CNC(=O)c1ccc(Cl)cc1Cl. The number of carbonyl (C=O) groups is 2. The molecule has 5 nitrogen and oxygen atoms in total. The van der Waals surface area contributed by atoms with E-state index in [0.717, 1.165) is 0 Å². The van der Waals surface area contributed by atoms with Crippen LogP contribution >= 0.6 is 23.2 Å². The highest BCUT2D eigenvalue weighted by Crippen LogP contribution is 2.20. The van der Waals surface area contributed by atoms with Crippen molar-refractivity contribution < 1.29 is 9.59 Å². The van der Waals surface area contributed by atoms with Crippen molar-refractivity contribution in [1.82, 2.24) is 10.7 Å². The maximum Gasteiger partial charge on any atom is 0.259 e. The van der Waals surface area contributed by atoms with E-state index in [2.05, 4.69) is 15.8 Å². The minimum atomic E-state index is -0.450. The van der Waals surface area contributed by atoms with Gasteiger partial charge in [-0.2, -0.15) is 5.10 Å². The number of halogens is 2. The molecule has 0 saturated heterocycles. The lowest BCUT2D eigenvalue weighted by Crippen LogP contribution is -2.35. The van der Waals surface area contributed by atoms with Gasteiger partial charge in [0, 0.05) is 10.7 Å². The van der Waals surface area contributed by atoms with Crippen molar-refractivity contribution in [3.8, 4) is 0 Å². The molecule has 0 radical (unpaired) electrons. The molecule has 0 atom stereocenters. The van der Waals surface area contributed by atoms with Gasteiger partial charge < -0.3 is 5.32 Å². The number of benzene rings is 1. The van der Waals surface area contributed by atoms with Crippen molar-refractivity contribution in [2.24, 2.45) is 5.10 Å². The van der Waals surface area contributed by atoms with Gasteiger partial charge in [0.05, 0.1) is 17.1 Å². The van der Waals surface area contributed by atoms with Crippen molar-refractivity contribution in [3.63, 3.8) is 0 Å². The Hall–Kier alpha value is -1.59. The summed E-state index contributed by atoms with van der Waals surface area (Å²) < 4.78 is 0. The van der Waals surface area contributed by atoms with Crippen LogP contribution in [0.5, 0.6) is 0 Å². The zero-order chi connectivity index (χ0) is 14.4. The predicted molar refractivity (Wildman–Crippen MR) is 75.7 cm³/mol. The molecule has 0 spiro atoms.